The first kappa shape index (κ1) is 6.67. The van der Waals surface area contributed by atoms with Gasteiger partial charge in [0.15, 0.2) is 0 Å². The second-order valence-electron chi connectivity index (χ2n) is 2.08. The molecule has 1 heterocycles. The summed E-state index contributed by atoms with van der Waals surface area (Å²) in [5, 5.41) is 8.48. The average molecular weight is 140 g/mol. The Bertz CT molecular complexity index is 265. The van der Waals surface area contributed by atoms with Gasteiger partial charge in [-0.05, 0) is 13.0 Å². The molecule has 10 heavy (non-hydrogen) atoms. The van der Waals surface area contributed by atoms with Gasteiger partial charge in [-0.25, -0.2) is 4.79 Å². The second kappa shape index (κ2) is 2.06. The Hall–Kier alpha value is -1.45. The molecule has 1 aromatic heterocycles. The number of aromatic nitrogens is 1. The Morgan fingerprint density at radius 1 is 1.80 bits per heavy atom. The van der Waals surface area contributed by atoms with Crippen molar-refractivity contribution in [2.45, 2.75) is 6.92 Å². The van der Waals surface area contributed by atoms with Gasteiger partial charge in [0.25, 0.3) is 0 Å². The standard InChI is InChI=1S/C6H8N2O2/c1-3-2-4(6(9)10)5(7)8-3/h2,8H,7H2,1H3,(H,9,10). The van der Waals surface area contributed by atoms with Crippen molar-refractivity contribution in [3.63, 3.8) is 0 Å². The van der Waals surface area contributed by atoms with Gasteiger partial charge in [0.1, 0.15) is 11.4 Å². The van der Waals surface area contributed by atoms with Crippen LogP contribution in [-0.2, 0) is 0 Å². The minimum atomic E-state index is -0.998. The molecule has 0 unspecified atom stereocenters. The summed E-state index contributed by atoms with van der Waals surface area (Å²) in [5.74, 6) is -0.785. The predicted molar refractivity (Wildman–Crippen MR) is 36.9 cm³/mol. The van der Waals surface area contributed by atoms with E-state index in [9.17, 15) is 4.79 Å². The van der Waals surface area contributed by atoms with Gasteiger partial charge in [-0.2, -0.15) is 0 Å². The van der Waals surface area contributed by atoms with Gasteiger partial charge in [-0.3, -0.25) is 0 Å². The molecule has 0 aliphatic heterocycles. The molecule has 0 amide bonds. The van der Waals surface area contributed by atoms with E-state index in [0.717, 1.165) is 5.69 Å². The van der Waals surface area contributed by atoms with Crippen molar-refractivity contribution in [1.29, 1.82) is 0 Å². The van der Waals surface area contributed by atoms with E-state index in [1.165, 1.54) is 6.07 Å². The molecule has 1 aromatic rings. The molecule has 0 aliphatic rings. The van der Waals surface area contributed by atoms with E-state index in [-0.39, 0.29) is 11.4 Å². The Kier molecular flexibility index (Phi) is 1.37. The summed E-state index contributed by atoms with van der Waals surface area (Å²) >= 11 is 0. The maximum absolute atomic E-state index is 10.3. The molecule has 4 heteroatoms. The zero-order valence-corrected chi connectivity index (χ0v) is 5.51. The van der Waals surface area contributed by atoms with E-state index in [0.29, 0.717) is 0 Å². The number of carboxylic acid groups (broad SMARTS) is 1. The number of aromatic carboxylic acids is 1. The van der Waals surface area contributed by atoms with Crippen molar-refractivity contribution in [2.24, 2.45) is 0 Å². The minimum Gasteiger partial charge on any atom is -0.478 e. The Balaban J connectivity index is 3.15. The Labute approximate surface area is 57.7 Å². The van der Waals surface area contributed by atoms with Crippen LogP contribution in [0.15, 0.2) is 6.07 Å². The monoisotopic (exact) mass is 140 g/mol. The maximum atomic E-state index is 10.3. The lowest BCUT2D eigenvalue weighted by Gasteiger charge is -1.87. The molecule has 4 nitrogen and oxygen atoms in total. The fourth-order valence-electron chi connectivity index (χ4n) is 0.787. The molecular formula is C6H8N2O2. The number of aryl methyl sites for hydroxylation is 1. The first-order chi connectivity index (χ1) is 4.61. The number of aromatic amines is 1. The molecule has 0 fully saturated rings. The zero-order chi connectivity index (χ0) is 7.72. The first-order valence-corrected chi connectivity index (χ1v) is 2.79. The lowest BCUT2D eigenvalue weighted by molar-refractivity contribution is 0.0698. The van der Waals surface area contributed by atoms with Crippen molar-refractivity contribution < 1.29 is 9.90 Å². The quantitative estimate of drug-likeness (QED) is 0.534. The molecule has 0 spiro atoms. The smallest absolute Gasteiger partial charge is 0.339 e. The number of anilines is 1. The number of nitrogen functional groups attached to an aromatic ring is 1. The third kappa shape index (κ3) is 0.953. The highest BCUT2D eigenvalue weighted by molar-refractivity contribution is 5.93. The van der Waals surface area contributed by atoms with Crippen LogP contribution in [0.4, 0.5) is 5.82 Å². The fraction of sp³-hybridized carbons (Fsp3) is 0.167. The van der Waals surface area contributed by atoms with Crippen molar-refractivity contribution >= 4 is 11.8 Å². The van der Waals surface area contributed by atoms with Gasteiger partial charge < -0.3 is 15.8 Å². The molecule has 0 bridgehead atoms. The SMILES string of the molecule is Cc1cc(C(=O)O)c(N)[nH]1. The lowest BCUT2D eigenvalue weighted by atomic mass is 10.3. The van der Waals surface area contributed by atoms with Crippen LogP contribution in [0, 0.1) is 6.92 Å². The summed E-state index contributed by atoms with van der Waals surface area (Å²) in [4.78, 5) is 13.0. The van der Waals surface area contributed by atoms with Gasteiger partial charge in [0, 0.05) is 5.69 Å². The molecule has 0 aliphatic carbocycles. The van der Waals surface area contributed by atoms with Crippen LogP contribution in [0.1, 0.15) is 16.1 Å². The van der Waals surface area contributed by atoms with Crippen LogP contribution in [0.2, 0.25) is 0 Å². The highest BCUT2D eigenvalue weighted by Crippen LogP contribution is 2.11. The second-order valence-corrected chi connectivity index (χ2v) is 2.08. The largest absolute Gasteiger partial charge is 0.478 e. The van der Waals surface area contributed by atoms with Crippen molar-refractivity contribution in [3.05, 3.63) is 17.3 Å². The van der Waals surface area contributed by atoms with E-state index < -0.39 is 5.97 Å². The Morgan fingerprint density at radius 2 is 2.40 bits per heavy atom. The van der Waals surface area contributed by atoms with Gasteiger partial charge in [-0.1, -0.05) is 0 Å². The molecule has 1 rings (SSSR count). The number of nitrogens with two attached hydrogens (primary N) is 1. The fourth-order valence-corrected chi connectivity index (χ4v) is 0.787. The number of hydrogen-bond acceptors (Lipinski definition) is 2. The third-order valence-electron chi connectivity index (χ3n) is 1.21. The molecule has 0 atom stereocenters. The molecule has 54 valence electrons. The highest BCUT2D eigenvalue weighted by atomic mass is 16.4. The normalized spacial score (nSPS) is 9.70. The summed E-state index contributed by atoms with van der Waals surface area (Å²) < 4.78 is 0. The molecule has 0 saturated heterocycles. The number of rotatable bonds is 1. The first-order valence-electron chi connectivity index (χ1n) is 2.79. The number of nitrogens with one attached hydrogen (secondary N) is 1. The van der Waals surface area contributed by atoms with Crippen LogP contribution in [0.3, 0.4) is 0 Å². The highest BCUT2D eigenvalue weighted by Gasteiger charge is 2.08. The summed E-state index contributed by atoms with van der Waals surface area (Å²) in [6.45, 7) is 1.75. The third-order valence-corrected chi connectivity index (χ3v) is 1.21. The maximum Gasteiger partial charge on any atom is 0.339 e. The van der Waals surface area contributed by atoms with Crippen molar-refractivity contribution in [1.82, 2.24) is 4.98 Å². The lowest BCUT2D eigenvalue weighted by Crippen LogP contribution is -1.98. The Morgan fingerprint density at radius 3 is 2.60 bits per heavy atom. The zero-order valence-electron chi connectivity index (χ0n) is 5.51. The molecule has 0 aromatic carbocycles. The number of H-pyrrole nitrogens is 1. The van der Waals surface area contributed by atoms with E-state index in [1.54, 1.807) is 6.92 Å². The topological polar surface area (TPSA) is 79.1 Å². The predicted octanol–water partition coefficient (Wildman–Crippen LogP) is 0.604. The van der Waals surface area contributed by atoms with Crippen LogP contribution in [0.25, 0.3) is 0 Å². The number of carboxylic acids is 1. The molecule has 0 saturated carbocycles. The summed E-state index contributed by atoms with van der Waals surface area (Å²) in [7, 11) is 0. The summed E-state index contributed by atoms with van der Waals surface area (Å²) in [6, 6.07) is 1.50. The number of carbonyl (C=O) groups is 1. The van der Waals surface area contributed by atoms with E-state index in [1.807, 2.05) is 0 Å². The number of hydrogen-bond donors (Lipinski definition) is 3. The summed E-state index contributed by atoms with van der Waals surface area (Å²) in [5.41, 5.74) is 6.20. The molecule has 0 radical (unpaired) electrons. The van der Waals surface area contributed by atoms with Gasteiger partial charge in [0.05, 0.1) is 0 Å². The van der Waals surface area contributed by atoms with E-state index >= 15 is 0 Å². The molecule has 4 N–H and O–H groups in total. The van der Waals surface area contributed by atoms with Crippen molar-refractivity contribution in [3.8, 4) is 0 Å². The van der Waals surface area contributed by atoms with Crippen LogP contribution in [-0.4, -0.2) is 16.1 Å². The summed E-state index contributed by atoms with van der Waals surface area (Å²) in [6.07, 6.45) is 0. The van der Waals surface area contributed by atoms with Gasteiger partial charge >= 0.3 is 5.97 Å². The average Bonchev–Trinajstić information content (AvgIpc) is 2.10. The van der Waals surface area contributed by atoms with E-state index in [4.69, 9.17) is 10.8 Å². The van der Waals surface area contributed by atoms with Gasteiger partial charge in [0.2, 0.25) is 0 Å². The van der Waals surface area contributed by atoms with E-state index in [2.05, 4.69) is 4.98 Å². The van der Waals surface area contributed by atoms with Crippen LogP contribution in [0.5, 0.6) is 0 Å². The van der Waals surface area contributed by atoms with Crippen molar-refractivity contribution in [2.75, 3.05) is 5.73 Å². The van der Waals surface area contributed by atoms with Crippen LogP contribution < -0.4 is 5.73 Å². The molecular weight excluding hydrogens is 132 g/mol. The minimum absolute atomic E-state index is 0.137. The van der Waals surface area contributed by atoms with Crippen LogP contribution >= 0.6 is 0 Å². The van der Waals surface area contributed by atoms with Gasteiger partial charge in [-0.15, -0.1) is 0 Å².